The van der Waals surface area contributed by atoms with Crippen LogP contribution < -0.4 is 5.32 Å². The number of aliphatic hydroxyl groups excluding tert-OH is 1. The first-order valence-corrected chi connectivity index (χ1v) is 8.33. The molecule has 2 aromatic rings. The Labute approximate surface area is 134 Å². The van der Waals surface area contributed by atoms with Gasteiger partial charge < -0.3 is 5.11 Å². The van der Waals surface area contributed by atoms with Crippen molar-refractivity contribution in [2.24, 2.45) is 0 Å². The lowest BCUT2D eigenvalue weighted by Crippen LogP contribution is -2.15. The van der Waals surface area contributed by atoms with E-state index in [1.165, 1.54) is 11.3 Å². The van der Waals surface area contributed by atoms with E-state index in [4.69, 9.17) is 5.11 Å². The van der Waals surface area contributed by atoms with Crippen molar-refractivity contribution in [1.29, 1.82) is 0 Å². The molecule has 2 N–H and O–H groups in total. The molecular formula is C15H22N4O2S. The molecule has 2 aromatic heterocycles. The molecule has 0 unspecified atom stereocenters. The number of carbonyl (C=O) groups excluding carboxylic acids is 1. The number of rotatable bonds is 7. The molecule has 0 atom stereocenters. The number of thiazole rings is 1. The number of aromatic nitrogens is 3. The topological polar surface area (TPSA) is 80.0 Å². The summed E-state index contributed by atoms with van der Waals surface area (Å²) < 4.78 is 1.92. The number of nitrogens with one attached hydrogen (secondary N) is 1. The fourth-order valence-electron chi connectivity index (χ4n) is 2.40. The second-order valence-corrected chi connectivity index (χ2v) is 6.23. The zero-order valence-corrected chi connectivity index (χ0v) is 14.0. The number of anilines is 1. The van der Waals surface area contributed by atoms with Gasteiger partial charge in [0.25, 0.3) is 5.91 Å². The molecule has 0 aliphatic heterocycles. The molecule has 0 aliphatic rings. The third kappa shape index (κ3) is 3.53. The summed E-state index contributed by atoms with van der Waals surface area (Å²) in [7, 11) is 0. The summed E-state index contributed by atoms with van der Waals surface area (Å²) in [6, 6.07) is 0.317. The van der Waals surface area contributed by atoms with Crippen LogP contribution in [0.25, 0.3) is 0 Å². The van der Waals surface area contributed by atoms with Crippen LogP contribution in [0.4, 0.5) is 5.13 Å². The van der Waals surface area contributed by atoms with Crippen LogP contribution in [0.1, 0.15) is 53.7 Å². The van der Waals surface area contributed by atoms with Gasteiger partial charge in [0.15, 0.2) is 5.13 Å². The predicted octanol–water partition coefficient (Wildman–Crippen LogP) is 2.80. The Morgan fingerprint density at radius 1 is 1.41 bits per heavy atom. The minimum absolute atomic E-state index is 0.0802. The van der Waals surface area contributed by atoms with Crippen LogP contribution >= 0.6 is 11.3 Å². The molecule has 0 aliphatic carbocycles. The summed E-state index contributed by atoms with van der Waals surface area (Å²) in [4.78, 5) is 17.5. The van der Waals surface area contributed by atoms with Gasteiger partial charge >= 0.3 is 0 Å². The highest BCUT2D eigenvalue weighted by molar-refractivity contribution is 7.15. The van der Waals surface area contributed by atoms with Crippen LogP contribution in [0.5, 0.6) is 0 Å². The van der Waals surface area contributed by atoms with Crippen LogP contribution in [-0.4, -0.2) is 32.4 Å². The second-order valence-electron chi connectivity index (χ2n) is 5.12. The van der Waals surface area contributed by atoms with E-state index in [2.05, 4.69) is 29.2 Å². The highest BCUT2D eigenvalue weighted by atomic mass is 32.1. The molecule has 0 bridgehead atoms. The average molecular weight is 322 g/mol. The van der Waals surface area contributed by atoms with Crippen molar-refractivity contribution in [1.82, 2.24) is 14.8 Å². The Kier molecular flexibility index (Phi) is 5.68. The van der Waals surface area contributed by atoms with Crippen molar-refractivity contribution in [2.75, 3.05) is 11.9 Å². The Morgan fingerprint density at radius 3 is 2.77 bits per heavy atom. The smallest absolute Gasteiger partial charge is 0.260 e. The van der Waals surface area contributed by atoms with E-state index >= 15 is 0 Å². The number of carbonyl (C=O) groups is 1. The molecule has 22 heavy (non-hydrogen) atoms. The lowest BCUT2D eigenvalue weighted by molar-refractivity contribution is 0.102. The van der Waals surface area contributed by atoms with Crippen LogP contribution in [0.2, 0.25) is 0 Å². The summed E-state index contributed by atoms with van der Waals surface area (Å²) >= 11 is 1.38. The van der Waals surface area contributed by atoms with E-state index in [-0.39, 0.29) is 12.5 Å². The zero-order chi connectivity index (χ0) is 16.1. The molecular weight excluding hydrogens is 300 g/mol. The standard InChI is InChI=1S/C15H22N4O2S/c1-4-11(5-2)19-10(3)13(9-17-19)14(21)18-15-16-8-12(22-15)6-7-20/h8-9,11,20H,4-7H2,1-3H3,(H,16,18,21). The molecule has 1 amide bonds. The lowest BCUT2D eigenvalue weighted by atomic mass is 10.1. The van der Waals surface area contributed by atoms with E-state index in [0.717, 1.165) is 23.4 Å². The maximum atomic E-state index is 12.4. The molecule has 0 saturated carbocycles. The van der Waals surface area contributed by atoms with Gasteiger partial charge in [0.05, 0.1) is 17.8 Å². The third-order valence-electron chi connectivity index (χ3n) is 3.71. The molecule has 0 radical (unpaired) electrons. The first-order chi connectivity index (χ1) is 10.6. The molecule has 0 fully saturated rings. The van der Waals surface area contributed by atoms with E-state index in [1.54, 1.807) is 12.4 Å². The predicted molar refractivity (Wildman–Crippen MR) is 87.4 cm³/mol. The average Bonchev–Trinajstić information content (AvgIpc) is 3.09. The minimum Gasteiger partial charge on any atom is -0.396 e. The molecule has 0 spiro atoms. The van der Waals surface area contributed by atoms with Gasteiger partial charge in [-0.05, 0) is 19.8 Å². The van der Waals surface area contributed by atoms with Crippen molar-refractivity contribution in [3.05, 3.63) is 28.5 Å². The normalized spacial score (nSPS) is 11.1. The maximum Gasteiger partial charge on any atom is 0.260 e. The SMILES string of the molecule is CCC(CC)n1ncc(C(=O)Nc2ncc(CCO)s2)c1C. The minimum atomic E-state index is -0.195. The van der Waals surface area contributed by atoms with Crippen molar-refractivity contribution in [2.45, 2.75) is 46.1 Å². The summed E-state index contributed by atoms with van der Waals surface area (Å²) in [6.07, 6.45) is 5.82. The van der Waals surface area contributed by atoms with Crippen molar-refractivity contribution in [3.8, 4) is 0 Å². The Hall–Kier alpha value is -1.73. The zero-order valence-electron chi connectivity index (χ0n) is 13.2. The van der Waals surface area contributed by atoms with Gasteiger partial charge in [-0.25, -0.2) is 4.98 Å². The van der Waals surface area contributed by atoms with Crippen molar-refractivity contribution in [3.63, 3.8) is 0 Å². The molecule has 2 heterocycles. The molecule has 0 aromatic carbocycles. The third-order valence-corrected chi connectivity index (χ3v) is 4.68. The molecule has 0 saturated heterocycles. The largest absolute Gasteiger partial charge is 0.396 e. The summed E-state index contributed by atoms with van der Waals surface area (Å²) in [5, 5.41) is 16.6. The number of nitrogens with zero attached hydrogens (tertiary/aromatic N) is 3. The number of hydrogen-bond donors (Lipinski definition) is 2. The molecule has 120 valence electrons. The van der Waals surface area contributed by atoms with Gasteiger partial charge in [0.1, 0.15) is 0 Å². The molecule has 2 rings (SSSR count). The summed E-state index contributed by atoms with van der Waals surface area (Å²) in [5.74, 6) is -0.195. The first-order valence-electron chi connectivity index (χ1n) is 7.51. The monoisotopic (exact) mass is 322 g/mol. The Balaban J connectivity index is 2.12. The fraction of sp³-hybridized carbons (Fsp3) is 0.533. The van der Waals surface area contributed by atoms with E-state index in [1.807, 2.05) is 11.6 Å². The van der Waals surface area contributed by atoms with Gasteiger partial charge in [-0.1, -0.05) is 13.8 Å². The van der Waals surface area contributed by atoms with Crippen LogP contribution in [-0.2, 0) is 6.42 Å². The molecule has 6 nitrogen and oxygen atoms in total. The molecule has 7 heteroatoms. The van der Waals surface area contributed by atoms with Crippen LogP contribution in [0, 0.1) is 6.92 Å². The number of amides is 1. The van der Waals surface area contributed by atoms with E-state index in [9.17, 15) is 4.79 Å². The number of hydrogen-bond acceptors (Lipinski definition) is 5. The highest BCUT2D eigenvalue weighted by Crippen LogP contribution is 2.22. The van der Waals surface area contributed by atoms with Gasteiger partial charge in [0, 0.05) is 29.8 Å². The van der Waals surface area contributed by atoms with E-state index < -0.39 is 0 Å². The van der Waals surface area contributed by atoms with Crippen LogP contribution in [0.3, 0.4) is 0 Å². The van der Waals surface area contributed by atoms with E-state index in [0.29, 0.717) is 23.2 Å². The lowest BCUT2D eigenvalue weighted by Gasteiger charge is -2.15. The van der Waals surface area contributed by atoms with Gasteiger partial charge in [-0.15, -0.1) is 11.3 Å². The fourth-order valence-corrected chi connectivity index (χ4v) is 3.20. The summed E-state index contributed by atoms with van der Waals surface area (Å²) in [5.41, 5.74) is 1.45. The second kappa shape index (κ2) is 7.51. The Morgan fingerprint density at radius 2 is 2.14 bits per heavy atom. The maximum absolute atomic E-state index is 12.4. The first kappa shape index (κ1) is 16.6. The van der Waals surface area contributed by atoms with Crippen LogP contribution in [0.15, 0.2) is 12.4 Å². The van der Waals surface area contributed by atoms with Gasteiger partial charge in [-0.2, -0.15) is 5.10 Å². The Bertz CT molecular complexity index is 631. The quantitative estimate of drug-likeness (QED) is 0.821. The number of aliphatic hydroxyl groups is 1. The van der Waals surface area contributed by atoms with Crippen molar-refractivity contribution >= 4 is 22.4 Å². The van der Waals surface area contributed by atoms with Gasteiger partial charge in [0.2, 0.25) is 0 Å². The van der Waals surface area contributed by atoms with Gasteiger partial charge in [-0.3, -0.25) is 14.8 Å². The van der Waals surface area contributed by atoms with Crippen molar-refractivity contribution < 1.29 is 9.90 Å². The highest BCUT2D eigenvalue weighted by Gasteiger charge is 2.18. The summed E-state index contributed by atoms with van der Waals surface area (Å²) in [6.45, 7) is 6.23.